The molecule has 0 bridgehead atoms. The third kappa shape index (κ3) is 6.03. The van der Waals surface area contributed by atoms with E-state index in [1.165, 1.54) is 18.2 Å². The SMILES string of the molecule is CC(NCc1cc(Cl)cc(Cl)c1)C(O)c1ccc(O)c(NS(C)(=O)=O)c1. The van der Waals surface area contributed by atoms with Gasteiger partial charge in [-0.2, -0.15) is 0 Å². The first kappa shape index (κ1) is 20.8. The van der Waals surface area contributed by atoms with Crippen LogP contribution in [0.1, 0.15) is 24.2 Å². The third-order valence-electron chi connectivity index (χ3n) is 3.68. The van der Waals surface area contributed by atoms with E-state index in [2.05, 4.69) is 10.0 Å². The molecule has 142 valence electrons. The maximum Gasteiger partial charge on any atom is 0.229 e. The fourth-order valence-electron chi connectivity index (χ4n) is 2.41. The molecular formula is C17H20Cl2N2O4S. The molecule has 0 saturated heterocycles. The summed E-state index contributed by atoms with van der Waals surface area (Å²) in [5.74, 6) is -0.222. The van der Waals surface area contributed by atoms with Crippen molar-refractivity contribution >= 4 is 38.9 Å². The highest BCUT2D eigenvalue weighted by molar-refractivity contribution is 7.92. The molecule has 0 radical (unpaired) electrons. The Morgan fingerprint density at radius 2 is 1.73 bits per heavy atom. The quantitative estimate of drug-likeness (QED) is 0.517. The molecule has 4 N–H and O–H groups in total. The van der Waals surface area contributed by atoms with Crippen molar-refractivity contribution in [2.24, 2.45) is 0 Å². The Kier molecular flexibility index (Phi) is 6.76. The standard InChI is InChI=1S/C17H20Cl2N2O4S/c1-10(20-9-11-5-13(18)8-14(19)6-11)17(23)12-3-4-16(22)15(7-12)21-26(2,24)25/h3-8,10,17,20-23H,9H2,1-2H3. The maximum absolute atomic E-state index is 11.4. The van der Waals surface area contributed by atoms with E-state index in [1.54, 1.807) is 25.1 Å². The van der Waals surface area contributed by atoms with Gasteiger partial charge in [0.2, 0.25) is 10.0 Å². The normalized spacial score (nSPS) is 14.0. The number of hydrogen-bond donors (Lipinski definition) is 4. The Hall–Kier alpha value is -1.51. The molecule has 0 heterocycles. The molecule has 9 heteroatoms. The Morgan fingerprint density at radius 1 is 1.12 bits per heavy atom. The summed E-state index contributed by atoms with van der Waals surface area (Å²) in [4.78, 5) is 0. The molecule has 0 aliphatic heterocycles. The average Bonchev–Trinajstić information content (AvgIpc) is 2.52. The second-order valence-electron chi connectivity index (χ2n) is 6.04. The molecule has 0 aliphatic carbocycles. The van der Waals surface area contributed by atoms with Gasteiger partial charge in [-0.05, 0) is 48.4 Å². The molecule has 26 heavy (non-hydrogen) atoms. The highest BCUT2D eigenvalue weighted by atomic mass is 35.5. The molecule has 0 aromatic heterocycles. The Balaban J connectivity index is 2.09. The number of halogens is 2. The van der Waals surface area contributed by atoms with Crippen molar-refractivity contribution in [3.63, 3.8) is 0 Å². The largest absolute Gasteiger partial charge is 0.506 e. The summed E-state index contributed by atoms with van der Waals surface area (Å²) < 4.78 is 24.9. The van der Waals surface area contributed by atoms with Crippen molar-refractivity contribution in [2.75, 3.05) is 11.0 Å². The first-order valence-corrected chi connectivity index (χ1v) is 10.4. The van der Waals surface area contributed by atoms with Gasteiger partial charge in [-0.1, -0.05) is 29.3 Å². The maximum atomic E-state index is 11.4. The van der Waals surface area contributed by atoms with Crippen molar-refractivity contribution in [1.29, 1.82) is 0 Å². The highest BCUT2D eigenvalue weighted by Gasteiger charge is 2.18. The number of hydrogen-bond acceptors (Lipinski definition) is 5. The first-order chi connectivity index (χ1) is 12.0. The van der Waals surface area contributed by atoms with E-state index in [-0.39, 0.29) is 17.5 Å². The summed E-state index contributed by atoms with van der Waals surface area (Å²) >= 11 is 11.9. The number of nitrogens with one attached hydrogen (secondary N) is 2. The Bertz CT molecular complexity index is 870. The highest BCUT2D eigenvalue weighted by Crippen LogP contribution is 2.29. The average molecular weight is 419 g/mol. The molecule has 0 amide bonds. The predicted molar refractivity (Wildman–Crippen MR) is 104 cm³/mol. The minimum atomic E-state index is -3.55. The first-order valence-electron chi connectivity index (χ1n) is 7.72. The lowest BCUT2D eigenvalue weighted by Crippen LogP contribution is -2.31. The van der Waals surface area contributed by atoms with Gasteiger partial charge in [0.25, 0.3) is 0 Å². The van der Waals surface area contributed by atoms with Gasteiger partial charge in [-0.15, -0.1) is 0 Å². The molecule has 2 aromatic rings. The smallest absolute Gasteiger partial charge is 0.229 e. The molecule has 6 nitrogen and oxygen atoms in total. The van der Waals surface area contributed by atoms with Crippen LogP contribution in [0, 0.1) is 0 Å². The predicted octanol–water partition coefficient (Wildman–Crippen LogP) is 3.28. The van der Waals surface area contributed by atoms with Gasteiger partial charge < -0.3 is 15.5 Å². The Morgan fingerprint density at radius 3 is 2.31 bits per heavy atom. The topological polar surface area (TPSA) is 98.7 Å². The van der Waals surface area contributed by atoms with Crippen LogP contribution in [0.3, 0.4) is 0 Å². The summed E-state index contributed by atoms with van der Waals surface area (Å²) in [6.45, 7) is 2.22. The second-order valence-corrected chi connectivity index (χ2v) is 8.66. The number of anilines is 1. The van der Waals surface area contributed by atoms with Crippen LogP contribution in [0.2, 0.25) is 10.0 Å². The number of aliphatic hydroxyl groups is 1. The molecule has 0 fully saturated rings. The molecule has 2 aromatic carbocycles. The van der Waals surface area contributed by atoms with Gasteiger partial charge in [-0.25, -0.2) is 8.42 Å². The number of rotatable bonds is 7. The minimum absolute atomic E-state index is 0.0119. The van der Waals surface area contributed by atoms with Gasteiger partial charge in [0.15, 0.2) is 0 Å². The molecule has 0 aliphatic rings. The fourth-order valence-corrected chi connectivity index (χ4v) is 3.55. The second kappa shape index (κ2) is 8.45. The minimum Gasteiger partial charge on any atom is -0.506 e. The van der Waals surface area contributed by atoms with E-state index in [9.17, 15) is 18.6 Å². The van der Waals surface area contributed by atoms with Crippen LogP contribution in [0.5, 0.6) is 5.75 Å². The van der Waals surface area contributed by atoms with Crippen LogP contribution in [0.4, 0.5) is 5.69 Å². The van der Waals surface area contributed by atoms with E-state index >= 15 is 0 Å². The van der Waals surface area contributed by atoms with Crippen molar-refractivity contribution in [2.45, 2.75) is 25.6 Å². The molecular weight excluding hydrogens is 399 g/mol. The van der Waals surface area contributed by atoms with Gasteiger partial charge in [-0.3, -0.25) is 4.72 Å². The number of benzene rings is 2. The number of aromatic hydroxyl groups is 1. The molecule has 2 rings (SSSR count). The van der Waals surface area contributed by atoms with Crippen LogP contribution < -0.4 is 10.0 Å². The zero-order valence-electron chi connectivity index (χ0n) is 14.2. The van der Waals surface area contributed by atoms with E-state index < -0.39 is 16.1 Å². The summed E-state index contributed by atoms with van der Waals surface area (Å²) in [6, 6.07) is 9.08. The van der Waals surface area contributed by atoms with Crippen LogP contribution in [-0.4, -0.2) is 30.9 Å². The van der Waals surface area contributed by atoms with Crippen LogP contribution in [0.25, 0.3) is 0 Å². The van der Waals surface area contributed by atoms with Crippen LogP contribution >= 0.6 is 23.2 Å². The van der Waals surface area contributed by atoms with Crippen molar-refractivity contribution in [3.8, 4) is 5.75 Å². The van der Waals surface area contributed by atoms with E-state index in [1.807, 2.05) is 0 Å². The summed E-state index contributed by atoms with van der Waals surface area (Å²) in [7, 11) is -3.55. The Labute approximate surface area is 162 Å². The van der Waals surface area contributed by atoms with Gasteiger partial charge in [0, 0.05) is 22.6 Å². The van der Waals surface area contributed by atoms with Crippen LogP contribution in [-0.2, 0) is 16.6 Å². The zero-order chi connectivity index (χ0) is 19.5. The van der Waals surface area contributed by atoms with E-state index in [0.717, 1.165) is 11.8 Å². The van der Waals surface area contributed by atoms with Gasteiger partial charge >= 0.3 is 0 Å². The molecule has 0 spiro atoms. The zero-order valence-corrected chi connectivity index (χ0v) is 16.5. The summed E-state index contributed by atoms with van der Waals surface area (Å²) in [6.07, 6.45) is 0.0564. The lowest BCUT2D eigenvalue weighted by molar-refractivity contribution is 0.135. The number of phenols is 1. The van der Waals surface area contributed by atoms with Gasteiger partial charge in [0.1, 0.15) is 5.75 Å². The van der Waals surface area contributed by atoms with E-state index in [0.29, 0.717) is 22.2 Å². The lowest BCUT2D eigenvalue weighted by atomic mass is 10.0. The molecule has 2 atom stereocenters. The third-order valence-corrected chi connectivity index (χ3v) is 4.71. The van der Waals surface area contributed by atoms with Crippen molar-refractivity contribution in [1.82, 2.24) is 5.32 Å². The van der Waals surface area contributed by atoms with Gasteiger partial charge in [0.05, 0.1) is 18.0 Å². The number of aliphatic hydroxyl groups excluding tert-OH is 1. The van der Waals surface area contributed by atoms with E-state index in [4.69, 9.17) is 23.2 Å². The molecule has 0 saturated carbocycles. The fraction of sp³-hybridized carbons (Fsp3) is 0.294. The van der Waals surface area contributed by atoms with Crippen LogP contribution in [0.15, 0.2) is 36.4 Å². The van der Waals surface area contributed by atoms with Crippen molar-refractivity contribution < 1.29 is 18.6 Å². The summed E-state index contributed by atoms with van der Waals surface area (Å²) in [5, 5.41) is 24.5. The molecule has 2 unspecified atom stereocenters. The monoisotopic (exact) mass is 418 g/mol. The number of phenolic OH excluding ortho intramolecular Hbond substituents is 1. The van der Waals surface area contributed by atoms with Crippen molar-refractivity contribution in [3.05, 3.63) is 57.6 Å². The number of sulfonamides is 1. The summed E-state index contributed by atoms with van der Waals surface area (Å²) in [5.41, 5.74) is 1.34. The lowest BCUT2D eigenvalue weighted by Gasteiger charge is -2.22.